The molecule has 5 nitrogen and oxygen atoms in total. The maximum absolute atomic E-state index is 11.4. The number of allylic oxidation sites excluding steroid dienone is 1. The molecule has 166 valence electrons. The highest BCUT2D eigenvalue weighted by molar-refractivity contribution is 5.24. The summed E-state index contributed by atoms with van der Waals surface area (Å²) in [5.74, 6) is 1.88. The second-order valence-corrected chi connectivity index (χ2v) is 9.64. The van der Waals surface area contributed by atoms with Crippen molar-refractivity contribution in [2.45, 2.75) is 83.2 Å². The summed E-state index contributed by atoms with van der Waals surface area (Å²) in [5, 5.41) is 18.4. The van der Waals surface area contributed by atoms with Crippen LogP contribution < -0.4 is 0 Å². The van der Waals surface area contributed by atoms with E-state index in [0.29, 0.717) is 37.1 Å². The van der Waals surface area contributed by atoms with Gasteiger partial charge in [-0.1, -0.05) is 12.5 Å². The molecule has 4 aliphatic carbocycles. The Hall–Kier alpha value is -0.460. The van der Waals surface area contributed by atoms with Crippen LogP contribution >= 0.6 is 0 Å². The molecule has 0 amide bonds. The largest absolute Gasteiger partial charge is 0.400 e. The smallest absolute Gasteiger partial charge is 0.188 e. The molecule has 0 aromatic rings. The zero-order valence-electron chi connectivity index (χ0n) is 18.4. The Bertz CT molecular complexity index is 598. The molecular formula is C24H40O5. The molecule has 0 aromatic heterocycles. The number of rotatable bonds is 3. The van der Waals surface area contributed by atoms with E-state index in [9.17, 15) is 5.11 Å². The topological polar surface area (TPSA) is 68.2 Å². The summed E-state index contributed by atoms with van der Waals surface area (Å²) in [6.07, 6.45) is 11.4. The van der Waals surface area contributed by atoms with E-state index < -0.39 is 5.79 Å². The first-order valence-electron chi connectivity index (χ1n) is 11.9. The molecule has 0 bridgehead atoms. The van der Waals surface area contributed by atoms with Crippen molar-refractivity contribution in [1.82, 2.24) is 0 Å². The van der Waals surface area contributed by atoms with E-state index >= 15 is 0 Å². The molecule has 2 N–H and O–H groups in total. The van der Waals surface area contributed by atoms with Crippen LogP contribution in [0, 0.1) is 29.1 Å². The molecule has 1 aliphatic heterocycles. The zero-order chi connectivity index (χ0) is 20.6. The normalized spacial score (nSPS) is 44.9. The Kier molecular flexibility index (Phi) is 6.44. The Morgan fingerprint density at radius 1 is 1.10 bits per heavy atom. The Morgan fingerprint density at radius 2 is 1.86 bits per heavy atom. The Morgan fingerprint density at radius 3 is 2.55 bits per heavy atom. The highest BCUT2D eigenvalue weighted by Crippen LogP contribution is 2.64. The minimum atomic E-state index is -0.446. The van der Waals surface area contributed by atoms with Crippen LogP contribution in [0.2, 0.25) is 0 Å². The second-order valence-electron chi connectivity index (χ2n) is 9.64. The van der Waals surface area contributed by atoms with Crippen molar-refractivity contribution < 1.29 is 24.4 Å². The van der Waals surface area contributed by atoms with Gasteiger partial charge in [0.1, 0.15) is 0 Å². The summed E-state index contributed by atoms with van der Waals surface area (Å²) in [6.45, 7) is 6.65. The van der Waals surface area contributed by atoms with Gasteiger partial charge < -0.3 is 24.4 Å². The second kappa shape index (κ2) is 8.58. The fraction of sp³-hybridized carbons (Fsp3) is 0.917. The molecule has 1 saturated heterocycles. The number of aliphatic hydroxyl groups excluding tert-OH is 2. The fourth-order valence-corrected chi connectivity index (χ4v) is 7.92. The van der Waals surface area contributed by atoms with E-state index in [1.165, 1.54) is 24.8 Å². The van der Waals surface area contributed by atoms with Gasteiger partial charge in [-0.2, -0.15) is 0 Å². The van der Waals surface area contributed by atoms with Crippen molar-refractivity contribution in [1.29, 1.82) is 0 Å². The Labute approximate surface area is 175 Å². The molecule has 7 unspecified atom stereocenters. The Balaban J connectivity index is 0.000000994. The van der Waals surface area contributed by atoms with Gasteiger partial charge in [0.25, 0.3) is 0 Å². The van der Waals surface area contributed by atoms with Crippen molar-refractivity contribution in [2.75, 3.05) is 26.9 Å². The van der Waals surface area contributed by atoms with Crippen LogP contribution in [-0.2, 0) is 14.2 Å². The van der Waals surface area contributed by atoms with E-state index in [4.69, 9.17) is 19.3 Å². The van der Waals surface area contributed by atoms with Crippen molar-refractivity contribution in [3.63, 3.8) is 0 Å². The van der Waals surface area contributed by atoms with Crippen molar-refractivity contribution in [3.05, 3.63) is 11.6 Å². The first-order chi connectivity index (χ1) is 14.1. The number of ether oxygens (including phenoxy) is 3. The summed E-state index contributed by atoms with van der Waals surface area (Å²) in [6, 6.07) is 0. The molecule has 7 atom stereocenters. The monoisotopic (exact) mass is 408 g/mol. The maximum Gasteiger partial charge on any atom is 0.188 e. The van der Waals surface area contributed by atoms with Gasteiger partial charge in [-0.3, -0.25) is 0 Å². The summed E-state index contributed by atoms with van der Waals surface area (Å²) in [5.41, 5.74) is 1.71. The van der Waals surface area contributed by atoms with E-state index in [1.807, 2.05) is 0 Å². The molecule has 0 radical (unpaired) electrons. The predicted octanol–water partition coefficient (Wildman–Crippen LogP) is 3.68. The SMILES string of the molecule is CCOC1CCC2C3CCC4=CC5(CCC4C3C(O)CC12CC)OCCO5.CO. The first kappa shape index (κ1) is 21.8. The number of hydrogen-bond donors (Lipinski definition) is 2. The highest BCUT2D eigenvalue weighted by Gasteiger charge is 2.61. The number of aliphatic hydroxyl groups is 2. The van der Waals surface area contributed by atoms with Gasteiger partial charge in [0.15, 0.2) is 5.79 Å². The van der Waals surface area contributed by atoms with Gasteiger partial charge in [0.2, 0.25) is 0 Å². The molecule has 1 heterocycles. The quantitative estimate of drug-likeness (QED) is 0.698. The van der Waals surface area contributed by atoms with Gasteiger partial charge >= 0.3 is 0 Å². The average Bonchev–Trinajstić information content (AvgIpc) is 3.35. The van der Waals surface area contributed by atoms with Crippen LogP contribution in [0.15, 0.2) is 11.6 Å². The minimum Gasteiger partial charge on any atom is -0.400 e. The van der Waals surface area contributed by atoms with Gasteiger partial charge in [-0.05, 0) is 81.6 Å². The minimum absolute atomic E-state index is 0.194. The van der Waals surface area contributed by atoms with Crippen LogP contribution in [0.1, 0.15) is 65.2 Å². The molecule has 1 spiro atoms. The van der Waals surface area contributed by atoms with Gasteiger partial charge in [-0.25, -0.2) is 0 Å². The zero-order valence-corrected chi connectivity index (χ0v) is 18.4. The third-order valence-electron chi connectivity index (χ3n) is 8.88. The molecule has 5 aliphatic rings. The van der Waals surface area contributed by atoms with E-state index in [2.05, 4.69) is 19.9 Å². The molecule has 5 rings (SSSR count). The van der Waals surface area contributed by atoms with E-state index in [1.54, 1.807) is 0 Å². The number of hydrogen-bond acceptors (Lipinski definition) is 5. The van der Waals surface area contributed by atoms with Crippen LogP contribution in [-0.4, -0.2) is 55.1 Å². The van der Waals surface area contributed by atoms with Gasteiger partial charge in [0, 0.05) is 25.6 Å². The summed E-state index contributed by atoms with van der Waals surface area (Å²) < 4.78 is 18.1. The van der Waals surface area contributed by atoms with Crippen LogP contribution in [0.5, 0.6) is 0 Å². The molecule has 3 saturated carbocycles. The van der Waals surface area contributed by atoms with Crippen molar-refractivity contribution >= 4 is 0 Å². The average molecular weight is 409 g/mol. The van der Waals surface area contributed by atoms with Crippen LogP contribution in [0.4, 0.5) is 0 Å². The van der Waals surface area contributed by atoms with Crippen molar-refractivity contribution in [2.24, 2.45) is 29.1 Å². The first-order valence-corrected chi connectivity index (χ1v) is 11.9. The summed E-state index contributed by atoms with van der Waals surface area (Å²) in [4.78, 5) is 0. The van der Waals surface area contributed by atoms with Crippen LogP contribution in [0.3, 0.4) is 0 Å². The van der Waals surface area contributed by atoms with E-state index in [0.717, 1.165) is 51.7 Å². The third kappa shape index (κ3) is 3.41. The fourth-order valence-electron chi connectivity index (χ4n) is 7.92. The van der Waals surface area contributed by atoms with Gasteiger partial charge in [0.05, 0.1) is 25.4 Å². The van der Waals surface area contributed by atoms with Gasteiger partial charge in [-0.15, -0.1) is 0 Å². The van der Waals surface area contributed by atoms with Crippen LogP contribution in [0.25, 0.3) is 0 Å². The number of fused-ring (bicyclic) bond motifs is 5. The summed E-state index contributed by atoms with van der Waals surface area (Å²) in [7, 11) is 1.00. The molecule has 4 fully saturated rings. The lowest BCUT2D eigenvalue weighted by Gasteiger charge is -2.57. The standard InChI is InChI=1S/C23H36O4.CH4O/c1-3-22-14-19(24)21-16-9-10-23(26-11-12-27-23)13-15(16)5-6-17(21)18(22)7-8-20(22)25-4-2;1-2/h13,16-21,24H,3-12,14H2,1-2H3;2H,1H3. The lowest BCUT2D eigenvalue weighted by atomic mass is 9.50. The highest BCUT2D eigenvalue weighted by atomic mass is 16.7. The molecule has 5 heteroatoms. The molecular weight excluding hydrogens is 368 g/mol. The van der Waals surface area contributed by atoms with E-state index in [-0.39, 0.29) is 11.5 Å². The summed E-state index contributed by atoms with van der Waals surface area (Å²) >= 11 is 0. The maximum atomic E-state index is 11.4. The third-order valence-corrected chi connectivity index (χ3v) is 8.88. The lowest BCUT2D eigenvalue weighted by molar-refractivity contribution is -0.157. The molecule has 29 heavy (non-hydrogen) atoms. The molecule has 0 aromatic carbocycles. The lowest BCUT2D eigenvalue weighted by Crippen LogP contribution is -2.55. The predicted molar refractivity (Wildman–Crippen MR) is 111 cm³/mol. The van der Waals surface area contributed by atoms with Crippen molar-refractivity contribution in [3.8, 4) is 0 Å².